The maximum absolute atomic E-state index is 9.88. The molecule has 0 aliphatic carbocycles. The third kappa shape index (κ3) is 8.12. The van der Waals surface area contributed by atoms with Gasteiger partial charge in [0.2, 0.25) is 0 Å². The molecule has 0 saturated carbocycles. The Balaban J connectivity index is 3.30. The monoisotopic (exact) mass is 229 g/mol. The third-order valence-electron chi connectivity index (χ3n) is 3.30. The molecule has 0 aliphatic rings. The summed E-state index contributed by atoms with van der Waals surface area (Å²) in [6.07, 6.45) is 9.96. The molecule has 98 valence electrons. The van der Waals surface area contributed by atoms with Crippen LogP contribution >= 0.6 is 0 Å². The van der Waals surface area contributed by atoms with Crippen molar-refractivity contribution in [2.24, 2.45) is 0 Å². The molecule has 0 aromatic carbocycles. The van der Waals surface area contributed by atoms with Crippen LogP contribution in [0.4, 0.5) is 0 Å². The largest absolute Gasteiger partial charge is 0.378 e. The molecule has 0 amide bonds. The first-order valence-corrected chi connectivity index (χ1v) is 7.18. The van der Waals surface area contributed by atoms with Gasteiger partial charge in [-0.1, -0.05) is 59.3 Å². The van der Waals surface area contributed by atoms with Gasteiger partial charge in [-0.2, -0.15) is 0 Å². The zero-order chi connectivity index (χ0) is 12.2. The standard InChI is InChI=1S/C14H31NO/c1-4-7-8-9-10-11-12-13-14(16)15(5-2)6-3/h14,16H,4-13H2,1-3H3. The first-order valence-electron chi connectivity index (χ1n) is 7.18. The van der Waals surface area contributed by atoms with Gasteiger partial charge < -0.3 is 5.11 Å². The summed E-state index contributed by atoms with van der Waals surface area (Å²) in [6.45, 7) is 8.37. The third-order valence-corrected chi connectivity index (χ3v) is 3.30. The van der Waals surface area contributed by atoms with Crippen LogP contribution in [-0.2, 0) is 0 Å². The number of hydrogen-bond acceptors (Lipinski definition) is 2. The SMILES string of the molecule is CCCCCCCCCC(O)N(CC)CC. The zero-order valence-corrected chi connectivity index (χ0v) is 11.5. The fraction of sp³-hybridized carbons (Fsp3) is 1.00. The van der Waals surface area contributed by atoms with Crippen LogP contribution in [0.3, 0.4) is 0 Å². The van der Waals surface area contributed by atoms with Crippen molar-refractivity contribution in [2.45, 2.75) is 78.4 Å². The quantitative estimate of drug-likeness (QED) is 0.430. The zero-order valence-electron chi connectivity index (χ0n) is 11.5. The fourth-order valence-corrected chi connectivity index (χ4v) is 2.11. The van der Waals surface area contributed by atoms with Gasteiger partial charge in [-0.15, -0.1) is 0 Å². The molecular weight excluding hydrogens is 198 g/mol. The molecule has 0 spiro atoms. The Labute approximate surface area is 102 Å². The predicted molar refractivity (Wildman–Crippen MR) is 71.5 cm³/mol. The number of aliphatic hydroxyl groups is 1. The van der Waals surface area contributed by atoms with Gasteiger partial charge in [0.25, 0.3) is 0 Å². The fourth-order valence-electron chi connectivity index (χ4n) is 2.11. The Morgan fingerprint density at radius 1 is 0.812 bits per heavy atom. The van der Waals surface area contributed by atoms with E-state index in [1.54, 1.807) is 0 Å². The summed E-state index contributed by atoms with van der Waals surface area (Å²) in [5, 5.41) is 9.88. The Morgan fingerprint density at radius 2 is 1.31 bits per heavy atom. The lowest BCUT2D eigenvalue weighted by Gasteiger charge is -2.24. The van der Waals surface area contributed by atoms with Gasteiger partial charge in [-0.3, -0.25) is 4.90 Å². The Hall–Kier alpha value is -0.0800. The van der Waals surface area contributed by atoms with Crippen molar-refractivity contribution >= 4 is 0 Å². The van der Waals surface area contributed by atoms with Gasteiger partial charge >= 0.3 is 0 Å². The maximum atomic E-state index is 9.88. The predicted octanol–water partition coefficient (Wildman–Crippen LogP) is 3.79. The van der Waals surface area contributed by atoms with Crippen LogP contribution in [-0.4, -0.2) is 29.3 Å². The van der Waals surface area contributed by atoms with Gasteiger partial charge in [-0.05, 0) is 25.9 Å². The van der Waals surface area contributed by atoms with Crippen molar-refractivity contribution in [1.29, 1.82) is 0 Å². The molecular formula is C14H31NO. The second-order valence-electron chi connectivity index (χ2n) is 4.61. The summed E-state index contributed by atoms with van der Waals surface area (Å²) in [4.78, 5) is 2.12. The minimum absolute atomic E-state index is 0.217. The molecule has 0 radical (unpaired) electrons. The summed E-state index contributed by atoms with van der Waals surface area (Å²) in [5.74, 6) is 0. The molecule has 16 heavy (non-hydrogen) atoms. The first-order chi connectivity index (χ1) is 7.76. The van der Waals surface area contributed by atoms with Crippen LogP contribution in [0, 0.1) is 0 Å². The highest BCUT2D eigenvalue weighted by Crippen LogP contribution is 2.11. The molecule has 1 atom stereocenters. The van der Waals surface area contributed by atoms with Crippen molar-refractivity contribution in [3.8, 4) is 0 Å². The molecule has 0 rings (SSSR count). The molecule has 2 heteroatoms. The number of hydrogen-bond donors (Lipinski definition) is 1. The number of nitrogens with zero attached hydrogens (tertiary/aromatic N) is 1. The van der Waals surface area contributed by atoms with Crippen LogP contribution in [0.25, 0.3) is 0 Å². The highest BCUT2D eigenvalue weighted by molar-refractivity contribution is 4.58. The Morgan fingerprint density at radius 3 is 1.81 bits per heavy atom. The number of rotatable bonds is 11. The van der Waals surface area contributed by atoms with E-state index in [9.17, 15) is 5.11 Å². The second kappa shape index (κ2) is 11.4. The average Bonchev–Trinajstić information content (AvgIpc) is 2.29. The van der Waals surface area contributed by atoms with Crippen LogP contribution in [0.2, 0.25) is 0 Å². The molecule has 0 saturated heterocycles. The molecule has 0 fully saturated rings. The summed E-state index contributed by atoms with van der Waals surface area (Å²) < 4.78 is 0. The molecule has 0 aromatic rings. The highest BCUT2D eigenvalue weighted by Gasteiger charge is 2.10. The molecule has 2 nitrogen and oxygen atoms in total. The van der Waals surface area contributed by atoms with E-state index >= 15 is 0 Å². The lowest BCUT2D eigenvalue weighted by atomic mass is 10.1. The van der Waals surface area contributed by atoms with Gasteiger partial charge in [0.05, 0.1) is 0 Å². The van der Waals surface area contributed by atoms with E-state index in [0.29, 0.717) is 0 Å². The lowest BCUT2D eigenvalue weighted by molar-refractivity contribution is 0.00278. The normalized spacial score (nSPS) is 13.3. The first kappa shape index (κ1) is 15.9. The highest BCUT2D eigenvalue weighted by atomic mass is 16.3. The van der Waals surface area contributed by atoms with Crippen LogP contribution in [0.15, 0.2) is 0 Å². The minimum atomic E-state index is -0.217. The van der Waals surface area contributed by atoms with E-state index in [4.69, 9.17) is 0 Å². The van der Waals surface area contributed by atoms with Crippen LogP contribution < -0.4 is 0 Å². The van der Waals surface area contributed by atoms with E-state index in [-0.39, 0.29) is 6.23 Å². The molecule has 0 bridgehead atoms. The number of unbranched alkanes of at least 4 members (excludes halogenated alkanes) is 6. The molecule has 0 heterocycles. The molecule has 0 aromatic heterocycles. The van der Waals surface area contributed by atoms with Gasteiger partial charge in [-0.25, -0.2) is 0 Å². The topological polar surface area (TPSA) is 23.5 Å². The molecule has 0 aliphatic heterocycles. The number of aliphatic hydroxyl groups excluding tert-OH is 1. The maximum Gasteiger partial charge on any atom is 0.107 e. The second-order valence-corrected chi connectivity index (χ2v) is 4.61. The average molecular weight is 229 g/mol. The van der Waals surface area contributed by atoms with Crippen molar-refractivity contribution in [3.63, 3.8) is 0 Å². The molecule has 1 unspecified atom stereocenters. The van der Waals surface area contributed by atoms with Crippen LogP contribution in [0.1, 0.15) is 72.1 Å². The van der Waals surface area contributed by atoms with Crippen molar-refractivity contribution < 1.29 is 5.11 Å². The summed E-state index contributed by atoms with van der Waals surface area (Å²) in [7, 11) is 0. The minimum Gasteiger partial charge on any atom is -0.378 e. The Bertz CT molecular complexity index is 135. The van der Waals surface area contributed by atoms with Crippen molar-refractivity contribution in [1.82, 2.24) is 4.90 Å². The van der Waals surface area contributed by atoms with Gasteiger partial charge in [0.1, 0.15) is 6.23 Å². The van der Waals surface area contributed by atoms with Crippen LogP contribution in [0.5, 0.6) is 0 Å². The van der Waals surface area contributed by atoms with E-state index in [1.165, 1.54) is 44.9 Å². The summed E-state index contributed by atoms with van der Waals surface area (Å²) in [6, 6.07) is 0. The lowest BCUT2D eigenvalue weighted by Crippen LogP contribution is -2.34. The van der Waals surface area contributed by atoms with Gasteiger partial charge in [0.15, 0.2) is 0 Å². The van der Waals surface area contributed by atoms with E-state index < -0.39 is 0 Å². The van der Waals surface area contributed by atoms with Crippen molar-refractivity contribution in [3.05, 3.63) is 0 Å². The molecule has 1 N–H and O–H groups in total. The van der Waals surface area contributed by atoms with Gasteiger partial charge in [0, 0.05) is 0 Å². The summed E-state index contributed by atoms with van der Waals surface area (Å²) in [5.41, 5.74) is 0. The smallest absolute Gasteiger partial charge is 0.107 e. The van der Waals surface area contributed by atoms with Crippen molar-refractivity contribution in [2.75, 3.05) is 13.1 Å². The summed E-state index contributed by atoms with van der Waals surface area (Å²) >= 11 is 0. The van der Waals surface area contributed by atoms with E-state index in [2.05, 4.69) is 25.7 Å². The van der Waals surface area contributed by atoms with E-state index in [1.807, 2.05) is 0 Å². The Kier molecular flexibility index (Phi) is 11.3. The van der Waals surface area contributed by atoms with E-state index in [0.717, 1.165) is 19.5 Å².